The fourth-order valence-corrected chi connectivity index (χ4v) is 5.49. The molecule has 2 aromatic carbocycles. The molecule has 1 N–H and O–H groups in total. The molecule has 0 aromatic heterocycles. The zero-order chi connectivity index (χ0) is 23.3. The molecular formula is C24H34N4O3S. The molecular weight excluding hydrogens is 424 g/mol. The van der Waals surface area contributed by atoms with Gasteiger partial charge in [0.05, 0.1) is 10.5 Å². The molecule has 0 unspecified atom stereocenters. The highest BCUT2D eigenvalue weighted by Gasteiger charge is 2.26. The third kappa shape index (κ3) is 5.07. The summed E-state index contributed by atoms with van der Waals surface area (Å²) in [6, 6.07) is 12.6. The number of hydrogen-bond donors (Lipinski definition) is 1. The molecule has 0 spiro atoms. The van der Waals surface area contributed by atoms with Crippen molar-refractivity contribution in [2.75, 3.05) is 54.9 Å². The van der Waals surface area contributed by atoms with E-state index in [0.29, 0.717) is 24.3 Å². The van der Waals surface area contributed by atoms with Crippen LogP contribution in [0.2, 0.25) is 0 Å². The smallest absolute Gasteiger partial charge is 0.257 e. The predicted octanol–water partition coefficient (Wildman–Crippen LogP) is 4.03. The number of amides is 1. The van der Waals surface area contributed by atoms with Gasteiger partial charge in [0, 0.05) is 56.8 Å². The largest absolute Gasteiger partial charge is 0.375 e. The Labute approximate surface area is 192 Å². The zero-order valence-electron chi connectivity index (χ0n) is 19.5. The van der Waals surface area contributed by atoms with Crippen molar-refractivity contribution in [3.05, 3.63) is 48.0 Å². The molecule has 1 amide bonds. The molecule has 7 nitrogen and oxygen atoms in total. The fraction of sp³-hybridized carbons (Fsp3) is 0.458. The van der Waals surface area contributed by atoms with Crippen molar-refractivity contribution in [3.63, 3.8) is 0 Å². The summed E-state index contributed by atoms with van der Waals surface area (Å²) in [5.41, 5.74) is 2.84. The van der Waals surface area contributed by atoms with E-state index < -0.39 is 10.0 Å². The molecule has 2 aromatic rings. The fourth-order valence-electron chi connectivity index (χ4n) is 4.01. The molecule has 3 rings (SSSR count). The van der Waals surface area contributed by atoms with E-state index in [-0.39, 0.29) is 10.8 Å². The van der Waals surface area contributed by atoms with E-state index in [1.165, 1.54) is 10.4 Å². The Kier molecular flexibility index (Phi) is 7.79. The number of carbonyl (C=O) groups is 1. The topological polar surface area (TPSA) is 73.0 Å². The van der Waals surface area contributed by atoms with Crippen LogP contribution in [0.5, 0.6) is 0 Å². The summed E-state index contributed by atoms with van der Waals surface area (Å²) >= 11 is 0. The van der Waals surface area contributed by atoms with Gasteiger partial charge in [-0.05, 0) is 56.2 Å². The van der Waals surface area contributed by atoms with Gasteiger partial charge >= 0.3 is 0 Å². The Morgan fingerprint density at radius 3 is 2.31 bits per heavy atom. The van der Waals surface area contributed by atoms with E-state index in [1.54, 1.807) is 12.1 Å². The second kappa shape index (κ2) is 10.4. The summed E-state index contributed by atoms with van der Waals surface area (Å²) in [6.07, 6.45) is 2.12. The van der Waals surface area contributed by atoms with E-state index in [0.717, 1.165) is 43.9 Å². The Balaban J connectivity index is 1.99. The lowest BCUT2D eigenvalue weighted by Crippen LogP contribution is -2.31. The first-order valence-corrected chi connectivity index (χ1v) is 12.8. The maximum absolute atomic E-state index is 13.4. The first-order valence-electron chi connectivity index (χ1n) is 11.3. The van der Waals surface area contributed by atoms with Crippen LogP contribution < -0.4 is 15.1 Å². The highest BCUT2D eigenvalue weighted by molar-refractivity contribution is 7.89. The summed E-state index contributed by atoms with van der Waals surface area (Å²) in [4.78, 5) is 17.8. The van der Waals surface area contributed by atoms with Crippen LogP contribution in [0.1, 0.15) is 44.0 Å². The number of carbonyl (C=O) groups excluding carboxylic acids is 1. The van der Waals surface area contributed by atoms with Crippen LogP contribution in [-0.4, -0.2) is 58.4 Å². The summed E-state index contributed by atoms with van der Waals surface area (Å²) in [6.45, 7) is 9.02. The molecule has 0 bridgehead atoms. The minimum Gasteiger partial charge on any atom is -0.375 e. The van der Waals surface area contributed by atoms with Crippen LogP contribution >= 0.6 is 0 Å². The molecule has 174 valence electrons. The highest BCUT2D eigenvalue weighted by Crippen LogP contribution is 2.29. The van der Waals surface area contributed by atoms with Crippen molar-refractivity contribution in [3.8, 4) is 0 Å². The number of rotatable bonds is 9. The highest BCUT2D eigenvalue weighted by atomic mass is 32.2. The summed E-state index contributed by atoms with van der Waals surface area (Å²) in [5.74, 6) is -0.306. The van der Waals surface area contributed by atoms with E-state index >= 15 is 0 Å². The zero-order valence-corrected chi connectivity index (χ0v) is 20.3. The molecule has 32 heavy (non-hydrogen) atoms. The lowest BCUT2D eigenvalue weighted by atomic mass is 10.1. The van der Waals surface area contributed by atoms with Gasteiger partial charge in [0.1, 0.15) is 0 Å². The Hall–Kier alpha value is -2.58. The van der Waals surface area contributed by atoms with Gasteiger partial charge in [-0.1, -0.05) is 19.9 Å². The number of anilines is 3. The quantitative estimate of drug-likeness (QED) is 0.614. The van der Waals surface area contributed by atoms with Gasteiger partial charge in [-0.15, -0.1) is 0 Å². The van der Waals surface area contributed by atoms with Gasteiger partial charge in [0.2, 0.25) is 10.0 Å². The van der Waals surface area contributed by atoms with Gasteiger partial charge in [0.15, 0.2) is 0 Å². The summed E-state index contributed by atoms with van der Waals surface area (Å²) in [7, 11) is -1.67. The van der Waals surface area contributed by atoms with Crippen molar-refractivity contribution in [2.45, 2.75) is 38.5 Å². The first kappa shape index (κ1) is 24.1. The van der Waals surface area contributed by atoms with Crippen LogP contribution in [0.25, 0.3) is 0 Å². The lowest BCUT2D eigenvalue weighted by molar-refractivity contribution is 0.102. The van der Waals surface area contributed by atoms with Crippen molar-refractivity contribution in [2.24, 2.45) is 0 Å². The monoisotopic (exact) mass is 458 g/mol. The van der Waals surface area contributed by atoms with Crippen molar-refractivity contribution in [1.82, 2.24) is 4.31 Å². The summed E-state index contributed by atoms with van der Waals surface area (Å²) in [5, 5.41) is 2.98. The number of hydrogen-bond acceptors (Lipinski definition) is 5. The average molecular weight is 459 g/mol. The molecule has 1 saturated heterocycles. The van der Waals surface area contributed by atoms with E-state index in [4.69, 9.17) is 0 Å². The van der Waals surface area contributed by atoms with Crippen molar-refractivity contribution < 1.29 is 13.2 Å². The second-order valence-electron chi connectivity index (χ2n) is 7.98. The molecule has 1 heterocycles. The van der Waals surface area contributed by atoms with E-state index in [2.05, 4.69) is 22.0 Å². The Morgan fingerprint density at radius 1 is 1.00 bits per heavy atom. The molecule has 0 radical (unpaired) electrons. The lowest BCUT2D eigenvalue weighted by Gasteiger charge is -2.24. The van der Waals surface area contributed by atoms with Crippen molar-refractivity contribution in [1.29, 1.82) is 0 Å². The molecule has 1 aliphatic heterocycles. The molecule has 0 saturated carbocycles. The first-order chi connectivity index (χ1) is 15.3. The SMILES string of the molecule is CCN(C)c1cccc(NC(=O)c2cc(S(=O)(=O)N(CC)CC)ccc2N2CCCC2)c1. The number of nitrogens with zero attached hydrogens (tertiary/aromatic N) is 3. The van der Waals surface area contributed by atoms with Crippen LogP contribution in [0.3, 0.4) is 0 Å². The molecule has 0 atom stereocenters. The normalized spacial score (nSPS) is 14.1. The maximum Gasteiger partial charge on any atom is 0.257 e. The standard InChI is InChI=1S/C24H34N4O3S/c1-5-26(4)20-12-10-11-19(17-20)25-24(29)22-18-21(32(30,31)28(6-2)7-3)13-14-23(22)27-15-8-9-16-27/h10-14,17-18H,5-9,15-16H2,1-4H3,(H,25,29). The van der Waals surface area contributed by atoms with Gasteiger partial charge in [0.25, 0.3) is 5.91 Å². The number of benzene rings is 2. The predicted molar refractivity (Wildman–Crippen MR) is 131 cm³/mol. The van der Waals surface area contributed by atoms with E-state index in [9.17, 15) is 13.2 Å². The Bertz CT molecular complexity index is 1040. The minimum absolute atomic E-state index is 0.147. The maximum atomic E-state index is 13.4. The molecule has 8 heteroatoms. The van der Waals surface area contributed by atoms with E-state index in [1.807, 2.05) is 45.2 Å². The molecule has 1 fully saturated rings. The van der Waals surface area contributed by atoms with Crippen LogP contribution in [0.4, 0.5) is 17.1 Å². The Morgan fingerprint density at radius 2 is 1.69 bits per heavy atom. The summed E-state index contributed by atoms with van der Waals surface area (Å²) < 4.78 is 27.6. The third-order valence-electron chi connectivity index (χ3n) is 6.02. The van der Waals surface area contributed by atoms with Crippen LogP contribution in [-0.2, 0) is 10.0 Å². The van der Waals surface area contributed by atoms with Gasteiger partial charge in [-0.2, -0.15) is 4.31 Å². The molecule has 1 aliphatic rings. The second-order valence-corrected chi connectivity index (χ2v) is 9.92. The van der Waals surface area contributed by atoms with Gasteiger partial charge in [-0.3, -0.25) is 4.79 Å². The van der Waals surface area contributed by atoms with Crippen LogP contribution in [0, 0.1) is 0 Å². The van der Waals surface area contributed by atoms with Crippen LogP contribution in [0.15, 0.2) is 47.4 Å². The number of nitrogens with one attached hydrogen (secondary N) is 1. The minimum atomic E-state index is -3.66. The molecule has 0 aliphatic carbocycles. The third-order valence-corrected chi connectivity index (χ3v) is 8.07. The number of sulfonamides is 1. The van der Waals surface area contributed by atoms with Crippen molar-refractivity contribution >= 4 is 33.0 Å². The van der Waals surface area contributed by atoms with Gasteiger partial charge < -0.3 is 15.1 Å². The average Bonchev–Trinajstić information content (AvgIpc) is 3.33. The van der Waals surface area contributed by atoms with Gasteiger partial charge in [-0.25, -0.2) is 8.42 Å².